The van der Waals surface area contributed by atoms with E-state index in [0.717, 1.165) is 5.69 Å². The third-order valence-electron chi connectivity index (χ3n) is 2.43. The molecule has 0 unspecified atom stereocenters. The number of anilines is 1. The average Bonchev–Trinajstić information content (AvgIpc) is 2.14. The fourth-order valence-corrected chi connectivity index (χ4v) is 2.03. The summed E-state index contributed by atoms with van der Waals surface area (Å²) in [6, 6.07) is 5.32. The third-order valence-corrected chi connectivity index (χ3v) is 2.67. The quantitative estimate of drug-likeness (QED) is 0.697. The first-order valence-electron chi connectivity index (χ1n) is 5.15. The van der Waals surface area contributed by atoms with Gasteiger partial charge in [0.25, 0.3) is 5.91 Å². The van der Waals surface area contributed by atoms with Crippen molar-refractivity contribution in [2.75, 3.05) is 11.5 Å². The molecule has 1 aliphatic rings. The highest BCUT2D eigenvalue weighted by Gasteiger charge is 2.33. The minimum absolute atomic E-state index is 0.0396. The van der Waals surface area contributed by atoms with Gasteiger partial charge >= 0.3 is 0 Å². The molecule has 0 fully saturated rings. The molecule has 1 heterocycles. The summed E-state index contributed by atoms with van der Waals surface area (Å²) in [5, 5.41) is 0.603. The van der Waals surface area contributed by atoms with Crippen molar-refractivity contribution in [3.63, 3.8) is 0 Å². The Bertz CT molecular complexity index is 437. The van der Waals surface area contributed by atoms with Gasteiger partial charge in [0.1, 0.15) is 5.75 Å². The number of carbonyl (C=O) groups excluding carboxylic acids is 1. The highest BCUT2D eigenvalue weighted by Crippen LogP contribution is 2.37. The van der Waals surface area contributed by atoms with Crippen molar-refractivity contribution < 1.29 is 9.53 Å². The van der Waals surface area contributed by atoms with Gasteiger partial charge in [0, 0.05) is 10.6 Å². The van der Waals surface area contributed by atoms with Gasteiger partial charge in [-0.05, 0) is 39.0 Å². The van der Waals surface area contributed by atoms with Gasteiger partial charge in [0.2, 0.25) is 0 Å². The van der Waals surface area contributed by atoms with Crippen molar-refractivity contribution in [2.24, 2.45) is 0 Å². The van der Waals surface area contributed by atoms with Gasteiger partial charge in [0.15, 0.2) is 6.61 Å². The van der Waals surface area contributed by atoms with Crippen LogP contribution in [0, 0.1) is 0 Å². The summed E-state index contributed by atoms with van der Waals surface area (Å²) < 4.78 is 5.37. The summed E-state index contributed by atoms with van der Waals surface area (Å²) in [6.45, 7) is 6.05. The van der Waals surface area contributed by atoms with E-state index in [0.29, 0.717) is 10.8 Å². The van der Waals surface area contributed by atoms with Crippen LogP contribution in [0.15, 0.2) is 18.2 Å². The first kappa shape index (κ1) is 11.3. The highest BCUT2D eigenvalue weighted by atomic mass is 35.5. The molecule has 0 aromatic heterocycles. The summed E-state index contributed by atoms with van der Waals surface area (Å²) >= 11 is 5.95. The molecule has 0 saturated carbocycles. The Morgan fingerprint density at radius 3 is 2.69 bits per heavy atom. The van der Waals surface area contributed by atoms with Gasteiger partial charge in [-0.2, -0.15) is 0 Å². The second-order valence-corrected chi connectivity index (χ2v) is 5.24. The molecule has 1 aromatic carbocycles. The van der Waals surface area contributed by atoms with Crippen LogP contribution in [-0.2, 0) is 4.79 Å². The van der Waals surface area contributed by atoms with Crippen LogP contribution >= 0.6 is 11.6 Å². The van der Waals surface area contributed by atoms with E-state index >= 15 is 0 Å². The van der Waals surface area contributed by atoms with E-state index in [2.05, 4.69) is 0 Å². The largest absolute Gasteiger partial charge is 0.482 e. The molecule has 4 heteroatoms. The summed E-state index contributed by atoms with van der Waals surface area (Å²) in [5.41, 5.74) is 0.469. The maximum Gasteiger partial charge on any atom is 0.265 e. The lowest BCUT2D eigenvalue weighted by Crippen LogP contribution is -2.50. The molecule has 0 spiro atoms. The standard InChI is InChI=1S/C12H14ClNO2/c1-12(2,3)14-9-6-8(13)4-5-10(9)16-7-11(14)15/h4-6H,7H2,1-3H3. The lowest BCUT2D eigenvalue weighted by atomic mass is 10.0. The average molecular weight is 240 g/mol. The number of amides is 1. The van der Waals surface area contributed by atoms with Crippen LogP contribution in [0.3, 0.4) is 0 Å². The molecule has 0 aliphatic carbocycles. The Labute approximate surface area is 100.0 Å². The molecule has 1 aliphatic heterocycles. The van der Waals surface area contributed by atoms with Crippen molar-refractivity contribution in [3.05, 3.63) is 23.2 Å². The lowest BCUT2D eigenvalue weighted by molar-refractivity contribution is -0.122. The van der Waals surface area contributed by atoms with Gasteiger partial charge in [0.05, 0.1) is 5.69 Å². The summed E-state index contributed by atoms with van der Waals surface area (Å²) in [5.74, 6) is 0.668. The number of carbonyl (C=O) groups is 1. The van der Waals surface area contributed by atoms with Crippen LogP contribution in [0.4, 0.5) is 5.69 Å². The molecule has 16 heavy (non-hydrogen) atoms. The van der Waals surface area contributed by atoms with E-state index in [1.54, 1.807) is 23.1 Å². The number of rotatable bonds is 0. The summed E-state index contributed by atoms with van der Waals surface area (Å²) in [6.07, 6.45) is 0. The van der Waals surface area contributed by atoms with Crippen molar-refractivity contribution in [3.8, 4) is 5.75 Å². The molecule has 0 atom stereocenters. The van der Waals surface area contributed by atoms with Crippen LogP contribution in [-0.4, -0.2) is 18.1 Å². The maximum absolute atomic E-state index is 11.9. The molecular weight excluding hydrogens is 226 g/mol. The van der Waals surface area contributed by atoms with Gasteiger partial charge in [-0.25, -0.2) is 0 Å². The Hall–Kier alpha value is -1.22. The predicted octanol–water partition coefficient (Wildman–Crippen LogP) is 2.86. The zero-order chi connectivity index (χ0) is 11.9. The molecule has 1 aromatic rings. The third kappa shape index (κ3) is 1.87. The summed E-state index contributed by atoms with van der Waals surface area (Å²) in [7, 11) is 0. The zero-order valence-electron chi connectivity index (χ0n) is 9.58. The second-order valence-electron chi connectivity index (χ2n) is 4.80. The number of hydrogen-bond donors (Lipinski definition) is 0. The van der Waals surface area contributed by atoms with Crippen LogP contribution < -0.4 is 9.64 Å². The predicted molar refractivity (Wildman–Crippen MR) is 64.2 cm³/mol. The van der Waals surface area contributed by atoms with Gasteiger partial charge in [-0.15, -0.1) is 0 Å². The molecule has 0 saturated heterocycles. The Kier molecular flexibility index (Phi) is 2.58. The molecule has 0 N–H and O–H groups in total. The lowest BCUT2D eigenvalue weighted by Gasteiger charge is -2.39. The highest BCUT2D eigenvalue weighted by molar-refractivity contribution is 6.31. The molecule has 3 nitrogen and oxygen atoms in total. The van der Waals surface area contributed by atoms with Crippen molar-refractivity contribution in [2.45, 2.75) is 26.3 Å². The molecule has 2 rings (SSSR count). The van der Waals surface area contributed by atoms with Gasteiger partial charge < -0.3 is 9.64 Å². The molecule has 86 valence electrons. The van der Waals surface area contributed by atoms with E-state index < -0.39 is 0 Å². The first-order valence-corrected chi connectivity index (χ1v) is 5.53. The Balaban J connectivity index is 2.55. The van der Waals surface area contributed by atoms with E-state index in [9.17, 15) is 4.79 Å². The fourth-order valence-electron chi connectivity index (χ4n) is 1.86. The normalized spacial score (nSPS) is 15.8. The first-order chi connectivity index (χ1) is 7.39. The van der Waals surface area contributed by atoms with E-state index in [1.165, 1.54) is 0 Å². The van der Waals surface area contributed by atoms with Crippen molar-refractivity contribution in [1.29, 1.82) is 0 Å². The molecule has 0 radical (unpaired) electrons. The molecule has 0 bridgehead atoms. The molecular formula is C12H14ClNO2. The monoisotopic (exact) mass is 239 g/mol. The minimum Gasteiger partial charge on any atom is -0.482 e. The number of fused-ring (bicyclic) bond motifs is 1. The summed E-state index contributed by atoms with van der Waals surface area (Å²) in [4.78, 5) is 13.6. The number of benzene rings is 1. The Morgan fingerprint density at radius 1 is 1.38 bits per heavy atom. The van der Waals surface area contributed by atoms with E-state index in [1.807, 2.05) is 20.8 Å². The van der Waals surface area contributed by atoms with Crippen molar-refractivity contribution >= 4 is 23.2 Å². The number of nitrogens with zero attached hydrogens (tertiary/aromatic N) is 1. The van der Waals surface area contributed by atoms with Crippen LogP contribution in [0.1, 0.15) is 20.8 Å². The number of ether oxygens (including phenoxy) is 1. The van der Waals surface area contributed by atoms with E-state index in [-0.39, 0.29) is 18.1 Å². The van der Waals surface area contributed by atoms with Crippen LogP contribution in [0.25, 0.3) is 0 Å². The zero-order valence-corrected chi connectivity index (χ0v) is 10.3. The van der Waals surface area contributed by atoms with E-state index in [4.69, 9.17) is 16.3 Å². The van der Waals surface area contributed by atoms with Crippen molar-refractivity contribution in [1.82, 2.24) is 0 Å². The smallest absolute Gasteiger partial charge is 0.265 e. The fraction of sp³-hybridized carbons (Fsp3) is 0.417. The van der Waals surface area contributed by atoms with Gasteiger partial charge in [-0.1, -0.05) is 11.6 Å². The van der Waals surface area contributed by atoms with Crippen LogP contribution in [0.5, 0.6) is 5.75 Å². The minimum atomic E-state index is -0.277. The maximum atomic E-state index is 11.9. The number of hydrogen-bond acceptors (Lipinski definition) is 2. The Morgan fingerprint density at radius 2 is 2.06 bits per heavy atom. The topological polar surface area (TPSA) is 29.5 Å². The number of halogens is 1. The van der Waals surface area contributed by atoms with Crippen LogP contribution in [0.2, 0.25) is 5.02 Å². The SMILES string of the molecule is CC(C)(C)N1C(=O)COc2ccc(Cl)cc21. The second kappa shape index (κ2) is 3.67. The van der Waals surface area contributed by atoms with Gasteiger partial charge in [-0.3, -0.25) is 4.79 Å². The molecule has 1 amide bonds.